The molecule has 1 amide bonds. The van der Waals surface area contributed by atoms with Crippen molar-refractivity contribution >= 4 is 29.1 Å². The minimum atomic E-state index is -0.0203. The number of amides is 1. The number of carbonyl (C=O) groups is 1. The molecule has 2 N–H and O–H groups in total. The molecule has 0 atom stereocenters. The molecule has 5 nitrogen and oxygen atoms in total. The van der Waals surface area contributed by atoms with Crippen molar-refractivity contribution in [2.75, 3.05) is 11.9 Å². The molecule has 0 bridgehead atoms. The third-order valence-electron chi connectivity index (χ3n) is 5.47. The molecule has 0 saturated heterocycles. The highest BCUT2D eigenvalue weighted by Crippen LogP contribution is 2.23. The van der Waals surface area contributed by atoms with Crippen molar-refractivity contribution in [3.63, 3.8) is 0 Å². The second-order valence-electron chi connectivity index (χ2n) is 7.69. The van der Waals surface area contributed by atoms with E-state index in [1.165, 1.54) is 32.1 Å². The first kappa shape index (κ1) is 20.4. The largest absolute Gasteiger partial charge is 0.352 e. The maximum Gasteiger partial charge on any atom is 0.251 e. The Balaban J connectivity index is 1.37. The van der Waals surface area contributed by atoms with Crippen molar-refractivity contribution in [3.05, 3.63) is 71.4 Å². The minimum Gasteiger partial charge on any atom is -0.352 e. The van der Waals surface area contributed by atoms with Crippen LogP contribution >= 0.6 is 11.6 Å². The van der Waals surface area contributed by atoms with Crippen molar-refractivity contribution < 1.29 is 4.79 Å². The molecule has 0 spiro atoms. The lowest BCUT2D eigenvalue weighted by molar-refractivity contribution is 0.0943. The number of hydrogen-bond acceptors (Lipinski definition) is 4. The van der Waals surface area contributed by atoms with Gasteiger partial charge in [0, 0.05) is 34.6 Å². The SMILES string of the molecule is O=C(NCC1CCCCC1)c1ccc(Nc2nccc(-c3ccc(Cl)cc3)n2)cc1. The van der Waals surface area contributed by atoms with Crippen LogP contribution in [-0.4, -0.2) is 22.4 Å². The van der Waals surface area contributed by atoms with Crippen LogP contribution in [0.5, 0.6) is 0 Å². The summed E-state index contributed by atoms with van der Waals surface area (Å²) in [6.07, 6.45) is 8.04. The second-order valence-corrected chi connectivity index (χ2v) is 8.13. The van der Waals surface area contributed by atoms with E-state index in [0.717, 1.165) is 23.5 Å². The summed E-state index contributed by atoms with van der Waals surface area (Å²) in [5.74, 6) is 1.10. The number of nitrogens with one attached hydrogen (secondary N) is 2. The third kappa shape index (κ3) is 5.36. The summed E-state index contributed by atoms with van der Waals surface area (Å²) in [7, 11) is 0. The smallest absolute Gasteiger partial charge is 0.251 e. The van der Waals surface area contributed by atoms with E-state index in [1.54, 1.807) is 6.20 Å². The van der Waals surface area contributed by atoms with Crippen molar-refractivity contribution in [1.29, 1.82) is 0 Å². The van der Waals surface area contributed by atoms with Crippen LogP contribution in [0.2, 0.25) is 5.02 Å². The molecule has 1 aromatic heterocycles. The Labute approximate surface area is 181 Å². The fraction of sp³-hybridized carbons (Fsp3) is 0.292. The van der Waals surface area contributed by atoms with Crippen molar-refractivity contribution in [2.24, 2.45) is 5.92 Å². The Kier molecular flexibility index (Phi) is 6.60. The molecule has 1 fully saturated rings. The molecule has 3 aromatic rings. The van der Waals surface area contributed by atoms with Crippen LogP contribution < -0.4 is 10.6 Å². The van der Waals surface area contributed by atoms with Gasteiger partial charge in [0.1, 0.15) is 0 Å². The van der Waals surface area contributed by atoms with Crippen LogP contribution in [0.3, 0.4) is 0 Å². The average molecular weight is 421 g/mol. The van der Waals surface area contributed by atoms with E-state index in [9.17, 15) is 4.79 Å². The Hall–Kier alpha value is -2.92. The summed E-state index contributed by atoms with van der Waals surface area (Å²) < 4.78 is 0. The number of hydrogen-bond donors (Lipinski definition) is 2. The van der Waals surface area contributed by atoms with Crippen molar-refractivity contribution in [1.82, 2.24) is 15.3 Å². The Morgan fingerprint density at radius 1 is 0.967 bits per heavy atom. The number of carbonyl (C=O) groups excluding carboxylic acids is 1. The van der Waals surface area contributed by atoms with Gasteiger partial charge >= 0.3 is 0 Å². The highest BCUT2D eigenvalue weighted by atomic mass is 35.5. The Bertz CT molecular complexity index is 983. The van der Waals surface area contributed by atoms with Gasteiger partial charge in [-0.3, -0.25) is 4.79 Å². The predicted molar refractivity (Wildman–Crippen MR) is 121 cm³/mol. The predicted octanol–water partition coefficient (Wildman–Crippen LogP) is 5.85. The average Bonchev–Trinajstić information content (AvgIpc) is 2.79. The molecule has 0 aliphatic heterocycles. The molecule has 1 heterocycles. The summed E-state index contributed by atoms with van der Waals surface area (Å²) >= 11 is 5.96. The zero-order valence-corrected chi connectivity index (χ0v) is 17.5. The standard InChI is InChI=1S/C24H25ClN4O/c25-20-10-6-18(7-11-20)22-14-15-26-24(29-22)28-21-12-8-19(9-13-21)23(30)27-16-17-4-2-1-3-5-17/h6-15,17H,1-5,16H2,(H,27,30)(H,26,28,29). The number of halogens is 1. The monoisotopic (exact) mass is 420 g/mol. The fourth-order valence-corrected chi connectivity index (χ4v) is 3.89. The first-order valence-electron chi connectivity index (χ1n) is 10.4. The number of aromatic nitrogens is 2. The van der Waals surface area contributed by atoms with Gasteiger partial charge in [0.15, 0.2) is 0 Å². The summed E-state index contributed by atoms with van der Waals surface area (Å²) in [4.78, 5) is 21.3. The lowest BCUT2D eigenvalue weighted by Gasteiger charge is -2.21. The van der Waals surface area contributed by atoms with Gasteiger partial charge in [-0.2, -0.15) is 0 Å². The maximum absolute atomic E-state index is 12.4. The lowest BCUT2D eigenvalue weighted by Crippen LogP contribution is -2.30. The minimum absolute atomic E-state index is 0.0203. The van der Waals surface area contributed by atoms with Gasteiger partial charge in [-0.25, -0.2) is 9.97 Å². The number of benzene rings is 2. The van der Waals surface area contributed by atoms with E-state index in [-0.39, 0.29) is 5.91 Å². The summed E-state index contributed by atoms with van der Waals surface area (Å²) in [5.41, 5.74) is 3.26. The van der Waals surface area contributed by atoms with E-state index >= 15 is 0 Å². The molecule has 1 aliphatic rings. The molecule has 0 radical (unpaired) electrons. The van der Waals surface area contributed by atoms with Crippen LogP contribution in [0.15, 0.2) is 60.8 Å². The zero-order valence-electron chi connectivity index (χ0n) is 16.8. The first-order chi connectivity index (χ1) is 14.7. The number of anilines is 2. The van der Waals surface area contributed by atoms with Crippen LogP contribution in [0.25, 0.3) is 11.3 Å². The van der Waals surface area contributed by atoms with Crippen LogP contribution in [-0.2, 0) is 0 Å². The van der Waals surface area contributed by atoms with E-state index in [0.29, 0.717) is 22.5 Å². The highest BCUT2D eigenvalue weighted by Gasteiger charge is 2.15. The maximum atomic E-state index is 12.4. The lowest BCUT2D eigenvalue weighted by atomic mass is 9.89. The molecule has 6 heteroatoms. The third-order valence-corrected chi connectivity index (χ3v) is 5.73. The summed E-state index contributed by atoms with van der Waals surface area (Å²) in [6, 6.07) is 16.8. The normalized spacial score (nSPS) is 14.3. The topological polar surface area (TPSA) is 66.9 Å². The number of rotatable bonds is 6. The second kappa shape index (κ2) is 9.72. The van der Waals surface area contributed by atoms with Gasteiger partial charge in [-0.15, -0.1) is 0 Å². The quantitative estimate of drug-likeness (QED) is 0.524. The Morgan fingerprint density at radius 2 is 1.70 bits per heavy atom. The van der Waals surface area contributed by atoms with Gasteiger partial charge in [0.05, 0.1) is 5.69 Å². The van der Waals surface area contributed by atoms with Gasteiger partial charge in [-0.1, -0.05) is 43.0 Å². The number of nitrogens with zero attached hydrogens (tertiary/aromatic N) is 2. The van der Waals surface area contributed by atoms with Crippen LogP contribution in [0, 0.1) is 5.92 Å². The van der Waals surface area contributed by atoms with E-state index < -0.39 is 0 Å². The van der Waals surface area contributed by atoms with Gasteiger partial charge in [0.25, 0.3) is 5.91 Å². The van der Waals surface area contributed by atoms with Crippen molar-refractivity contribution in [3.8, 4) is 11.3 Å². The van der Waals surface area contributed by atoms with E-state index in [2.05, 4.69) is 20.6 Å². The molecule has 0 unspecified atom stereocenters. The molecular formula is C24H25ClN4O. The highest BCUT2D eigenvalue weighted by molar-refractivity contribution is 6.30. The summed E-state index contributed by atoms with van der Waals surface area (Å²) in [6.45, 7) is 0.768. The molecule has 154 valence electrons. The molecule has 4 rings (SSSR count). The first-order valence-corrected chi connectivity index (χ1v) is 10.8. The Morgan fingerprint density at radius 3 is 2.43 bits per heavy atom. The molecule has 30 heavy (non-hydrogen) atoms. The molecule has 1 aliphatic carbocycles. The van der Waals surface area contributed by atoms with Gasteiger partial charge in [0.2, 0.25) is 5.95 Å². The van der Waals surface area contributed by atoms with E-state index in [1.807, 2.05) is 54.6 Å². The molecular weight excluding hydrogens is 396 g/mol. The van der Waals surface area contributed by atoms with Gasteiger partial charge in [-0.05, 0) is 61.2 Å². The van der Waals surface area contributed by atoms with E-state index in [4.69, 9.17) is 11.6 Å². The van der Waals surface area contributed by atoms with Crippen LogP contribution in [0.4, 0.5) is 11.6 Å². The fourth-order valence-electron chi connectivity index (χ4n) is 3.76. The van der Waals surface area contributed by atoms with Gasteiger partial charge < -0.3 is 10.6 Å². The zero-order chi connectivity index (χ0) is 20.8. The molecule has 1 saturated carbocycles. The summed E-state index contributed by atoms with van der Waals surface area (Å²) in [5, 5.41) is 6.96. The van der Waals surface area contributed by atoms with Crippen LogP contribution in [0.1, 0.15) is 42.5 Å². The van der Waals surface area contributed by atoms with Crippen molar-refractivity contribution in [2.45, 2.75) is 32.1 Å². The molecule has 2 aromatic carbocycles.